The van der Waals surface area contributed by atoms with E-state index < -0.39 is 52.4 Å². The van der Waals surface area contributed by atoms with Crippen molar-refractivity contribution in [3.8, 4) is 0 Å². The summed E-state index contributed by atoms with van der Waals surface area (Å²) in [7, 11) is 0. The van der Waals surface area contributed by atoms with Gasteiger partial charge in [0, 0.05) is 17.8 Å². The Morgan fingerprint density at radius 2 is 2.04 bits per heavy atom. The molecule has 3 saturated carbocycles. The number of carbonyl (C=O) groups excluding carboxylic acids is 1. The van der Waals surface area contributed by atoms with E-state index in [4.69, 9.17) is 4.74 Å². The molecule has 1 heterocycles. The van der Waals surface area contributed by atoms with E-state index in [0.29, 0.717) is 6.42 Å². The standard InChI is InChI=1S/C20H22F2O5/c1-9-5-11-12-7-14(21)13-6-10(23)3-4-17(13,2)19(12,22)15(24)8-18(11)20(9,27-18)16(25)26/h3-4,6,9,11-12,14-15,24H,5,7-8H2,1-2H3,(H,25,26)/t9-,11+,12+,14+,15+,17+,18-,19+,20+/m1/s1. The van der Waals surface area contributed by atoms with Crippen LogP contribution in [0.15, 0.2) is 23.8 Å². The van der Waals surface area contributed by atoms with Crippen LogP contribution in [0.1, 0.15) is 33.1 Å². The Morgan fingerprint density at radius 1 is 1.33 bits per heavy atom. The summed E-state index contributed by atoms with van der Waals surface area (Å²) < 4.78 is 37.5. The summed E-state index contributed by atoms with van der Waals surface area (Å²) in [6.45, 7) is 3.29. The van der Waals surface area contributed by atoms with Crippen molar-refractivity contribution in [1.82, 2.24) is 0 Å². The molecule has 5 aliphatic rings. The van der Waals surface area contributed by atoms with Crippen LogP contribution in [0.5, 0.6) is 0 Å². The Balaban J connectivity index is 1.65. The number of carboxylic acids is 1. The average Bonchev–Trinajstić information content (AvgIpc) is 3.20. The van der Waals surface area contributed by atoms with E-state index >= 15 is 8.78 Å². The quantitative estimate of drug-likeness (QED) is 0.681. The van der Waals surface area contributed by atoms with Crippen LogP contribution in [-0.2, 0) is 14.3 Å². The molecule has 2 N–H and O–H groups in total. The van der Waals surface area contributed by atoms with Crippen molar-refractivity contribution >= 4 is 11.8 Å². The molecule has 0 aromatic rings. The first-order chi connectivity index (χ1) is 12.5. The van der Waals surface area contributed by atoms with Crippen molar-refractivity contribution in [1.29, 1.82) is 0 Å². The normalized spacial score (nSPS) is 57.9. The smallest absolute Gasteiger partial charge is 0.339 e. The fourth-order valence-electron chi connectivity index (χ4n) is 6.99. The van der Waals surface area contributed by atoms with Gasteiger partial charge in [0.05, 0.1) is 6.10 Å². The third kappa shape index (κ3) is 1.60. The first-order valence-corrected chi connectivity index (χ1v) is 9.44. The van der Waals surface area contributed by atoms with Crippen molar-refractivity contribution in [2.75, 3.05) is 0 Å². The molecular weight excluding hydrogens is 358 g/mol. The number of allylic oxidation sites excluding steroid dienone is 4. The fourth-order valence-corrected chi connectivity index (χ4v) is 6.99. The van der Waals surface area contributed by atoms with Gasteiger partial charge in [-0.15, -0.1) is 0 Å². The molecule has 7 heteroatoms. The molecule has 0 amide bonds. The average molecular weight is 380 g/mol. The Hall–Kier alpha value is -1.60. The maximum atomic E-state index is 16.7. The number of epoxide rings is 1. The number of ketones is 1. The maximum Gasteiger partial charge on any atom is 0.339 e. The second-order valence-corrected chi connectivity index (χ2v) is 9.11. The van der Waals surface area contributed by atoms with Crippen molar-refractivity contribution in [3.63, 3.8) is 0 Å². The van der Waals surface area contributed by atoms with Gasteiger partial charge < -0.3 is 14.9 Å². The van der Waals surface area contributed by atoms with E-state index in [1.54, 1.807) is 6.92 Å². The lowest BCUT2D eigenvalue weighted by atomic mass is 9.47. The molecule has 1 aliphatic heterocycles. The van der Waals surface area contributed by atoms with E-state index in [2.05, 4.69) is 0 Å². The number of carboxylic acid groups (broad SMARTS) is 1. The largest absolute Gasteiger partial charge is 0.479 e. The van der Waals surface area contributed by atoms with Gasteiger partial charge in [0.1, 0.15) is 11.8 Å². The van der Waals surface area contributed by atoms with Crippen LogP contribution in [0.3, 0.4) is 0 Å². The lowest BCUT2D eigenvalue weighted by molar-refractivity contribution is -0.187. The van der Waals surface area contributed by atoms with Crippen LogP contribution in [-0.4, -0.2) is 51.1 Å². The zero-order valence-corrected chi connectivity index (χ0v) is 15.1. The first-order valence-electron chi connectivity index (χ1n) is 9.44. The first kappa shape index (κ1) is 17.5. The highest BCUT2D eigenvalue weighted by Gasteiger charge is 2.89. The monoisotopic (exact) mass is 380 g/mol. The van der Waals surface area contributed by atoms with Gasteiger partial charge in [0.2, 0.25) is 0 Å². The molecule has 27 heavy (non-hydrogen) atoms. The van der Waals surface area contributed by atoms with Gasteiger partial charge in [-0.3, -0.25) is 4.79 Å². The predicted octanol–water partition coefficient (Wildman–Crippen LogP) is 2.14. The lowest BCUT2D eigenvalue weighted by Crippen LogP contribution is -2.68. The van der Waals surface area contributed by atoms with Gasteiger partial charge in [-0.2, -0.15) is 0 Å². The van der Waals surface area contributed by atoms with E-state index in [-0.39, 0.29) is 30.1 Å². The molecule has 0 aromatic heterocycles. The highest BCUT2D eigenvalue weighted by atomic mass is 19.1. The minimum absolute atomic E-state index is 0.0657. The van der Waals surface area contributed by atoms with Crippen LogP contribution in [0, 0.1) is 23.2 Å². The summed E-state index contributed by atoms with van der Waals surface area (Å²) in [6, 6.07) is 0. The number of halogens is 2. The Labute approximate surface area is 155 Å². The summed E-state index contributed by atoms with van der Waals surface area (Å²) in [5, 5.41) is 20.7. The summed E-state index contributed by atoms with van der Waals surface area (Å²) in [5.74, 6) is -3.21. The second kappa shape index (κ2) is 4.69. The Bertz CT molecular complexity index is 838. The van der Waals surface area contributed by atoms with Gasteiger partial charge in [-0.05, 0) is 49.3 Å². The summed E-state index contributed by atoms with van der Waals surface area (Å²) in [5.41, 5.74) is -6.12. The molecule has 0 radical (unpaired) electrons. The molecule has 0 aromatic carbocycles. The van der Waals surface area contributed by atoms with Crippen LogP contribution in [0.25, 0.3) is 0 Å². The molecule has 5 nitrogen and oxygen atoms in total. The lowest BCUT2D eigenvalue weighted by Gasteiger charge is -2.59. The number of alkyl halides is 2. The van der Waals surface area contributed by atoms with E-state index in [1.165, 1.54) is 19.1 Å². The number of hydrogen-bond donors (Lipinski definition) is 2. The molecule has 4 fully saturated rings. The minimum Gasteiger partial charge on any atom is -0.479 e. The number of aliphatic hydroxyl groups is 1. The summed E-state index contributed by atoms with van der Waals surface area (Å²) in [4.78, 5) is 23.7. The molecule has 4 aliphatic carbocycles. The van der Waals surface area contributed by atoms with Crippen molar-refractivity contribution < 1.29 is 33.3 Å². The Morgan fingerprint density at radius 3 is 2.67 bits per heavy atom. The molecule has 1 spiro atoms. The zero-order valence-electron chi connectivity index (χ0n) is 15.1. The third-order valence-electron chi connectivity index (χ3n) is 8.23. The van der Waals surface area contributed by atoms with Crippen LogP contribution < -0.4 is 0 Å². The number of aliphatic hydroxyl groups excluding tert-OH is 1. The van der Waals surface area contributed by atoms with Gasteiger partial charge >= 0.3 is 5.97 Å². The Kier molecular flexibility index (Phi) is 3.04. The van der Waals surface area contributed by atoms with E-state index in [1.807, 2.05) is 0 Å². The van der Waals surface area contributed by atoms with Crippen LogP contribution in [0.2, 0.25) is 0 Å². The van der Waals surface area contributed by atoms with Crippen molar-refractivity contribution in [2.45, 2.75) is 62.3 Å². The highest BCUT2D eigenvalue weighted by molar-refractivity contribution is 6.01. The fraction of sp³-hybridized carbons (Fsp3) is 0.700. The molecule has 0 unspecified atom stereocenters. The number of ether oxygens (including phenoxy) is 1. The minimum atomic E-state index is -2.19. The van der Waals surface area contributed by atoms with Gasteiger partial charge in [-0.1, -0.05) is 13.0 Å². The van der Waals surface area contributed by atoms with Gasteiger partial charge in [0.15, 0.2) is 17.1 Å². The van der Waals surface area contributed by atoms with Crippen molar-refractivity contribution in [2.24, 2.45) is 23.2 Å². The van der Waals surface area contributed by atoms with Gasteiger partial charge in [-0.25, -0.2) is 13.6 Å². The molecule has 9 atom stereocenters. The number of hydrogen-bond acceptors (Lipinski definition) is 4. The maximum absolute atomic E-state index is 16.7. The summed E-state index contributed by atoms with van der Waals surface area (Å²) in [6.07, 6.45) is 0.811. The van der Waals surface area contributed by atoms with Gasteiger partial charge in [0.25, 0.3) is 0 Å². The molecular formula is C20H22F2O5. The molecule has 146 valence electrons. The number of rotatable bonds is 1. The molecule has 0 bridgehead atoms. The van der Waals surface area contributed by atoms with Crippen LogP contribution in [0.4, 0.5) is 8.78 Å². The van der Waals surface area contributed by atoms with E-state index in [0.717, 1.165) is 6.08 Å². The topological polar surface area (TPSA) is 87.1 Å². The molecule has 5 rings (SSSR count). The molecule has 1 saturated heterocycles. The second-order valence-electron chi connectivity index (χ2n) is 9.11. The van der Waals surface area contributed by atoms with Crippen molar-refractivity contribution in [3.05, 3.63) is 23.8 Å². The number of carbonyl (C=O) groups is 2. The number of fused-ring (bicyclic) bond motifs is 4. The number of aliphatic carboxylic acids is 1. The van der Waals surface area contributed by atoms with Crippen LogP contribution >= 0.6 is 0 Å². The predicted molar refractivity (Wildman–Crippen MR) is 89.3 cm³/mol. The summed E-state index contributed by atoms with van der Waals surface area (Å²) >= 11 is 0. The highest BCUT2D eigenvalue weighted by Crippen LogP contribution is 2.76. The zero-order chi connectivity index (χ0) is 19.6. The SMILES string of the molecule is C[C@@H]1C[C@H]2[C@@H]3C[C@H](F)C4=CC(=O)C=C[C@]4(C)[C@@]3(F)[C@@H](O)C[C@@]23O[C@]13C(=O)O. The third-order valence-corrected chi connectivity index (χ3v) is 8.23. The van der Waals surface area contributed by atoms with E-state index in [9.17, 15) is 19.8 Å².